The van der Waals surface area contributed by atoms with Crippen molar-refractivity contribution in [2.75, 3.05) is 0 Å². The van der Waals surface area contributed by atoms with Crippen molar-refractivity contribution in [2.45, 2.75) is 45.1 Å². The van der Waals surface area contributed by atoms with E-state index in [2.05, 4.69) is 23.0 Å². The van der Waals surface area contributed by atoms with Crippen molar-refractivity contribution >= 4 is 23.1 Å². The van der Waals surface area contributed by atoms with Crippen LogP contribution in [0.5, 0.6) is 0 Å². The number of nitrogens with zero attached hydrogens (tertiary/aromatic N) is 2. The average molecular weight is 353 g/mol. The number of pyridine rings is 1. The lowest BCUT2D eigenvalue weighted by Gasteiger charge is -2.11. The number of halogens is 1. The molecule has 0 bridgehead atoms. The first-order chi connectivity index (χ1) is 12.1. The highest BCUT2D eigenvalue weighted by Crippen LogP contribution is 2.37. The Morgan fingerprint density at radius 3 is 2.76 bits per heavy atom. The second-order valence-electron chi connectivity index (χ2n) is 7.18. The van der Waals surface area contributed by atoms with Crippen molar-refractivity contribution < 1.29 is 4.79 Å². The zero-order valence-corrected chi connectivity index (χ0v) is 15.1. The minimum absolute atomic E-state index is 0.184. The summed E-state index contributed by atoms with van der Waals surface area (Å²) in [4.78, 5) is 21.6. The molecule has 1 aliphatic carbocycles. The highest BCUT2D eigenvalue weighted by atomic mass is 35.5. The number of ketones is 1. The van der Waals surface area contributed by atoms with Crippen LogP contribution in [0.4, 0.5) is 0 Å². The van der Waals surface area contributed by atoms with Crippen LogP contribution < -0.4 is 0 Å². The number of carbonyl (C=O) groups excluding carboxylic acids is 1. The molecular formula is C21H21ClN2O. The molecule has 2 heterocycles. The predicted molar refractivity (Wildman–Crippen MR) is 100 cm³/mol. The van der Waals surface area contributed by atoms with Crippen LogP contribution in [0, 0.1) is 5.92 Å². The van der Waals surface area contributed by atoms with E-state index in [0.29, 0.717) is 18.8 Å². The molecule has 1 fully saturated rings. The van der Waals surface area contributed by atoms with Gasteiger partial charge in [0.15, 0.2) is 0 Å². The van der Waals surface area contributed by atoms with Crippen LogP contribution in [0.25, 0.3) is 0 Å². The van der Waals surface area contributed by atoms with Gasteiger partial charge in [0, 0.05) is 46.9 Å². The highest BCUT2D eigenvalue weighted by Gasteiger charge is 2.32. The second-order valence-corrected chi connectivity index (χ2v) is 7.62. The number of aliphatic imine (C=N–C) groups is 1. The number of aromatic nitrogens is 1. The Hall–Kier alpha value is -2.00. The predicted octanol–water partition coefficient (Wildman–Crippen LogP) is 4.75. The van der Waals surface area contributed by atoms with E-state index in [4.69, 9.17) is 11.6 Å². The summed E-state index contributed by atoms with van der Waals surface area (Å²) in [6, 6.07) is 9.79. The van der Waals surface area contributed by atoms with Crippen LogP contribution in [0.15, 0.2) is 41.5 Å². The van der Waals surface area contributed by atoms with Gasteiger partial charge in [-0.1, -0.05) is 30.7 Å². The number of rotatable bonds is 6. The van der Waals surface area contributed by atoms with Crippen molar-refractivity contribution in [3.8, 4) is 0 Å². The maximum atomic E-state index is 12.5. The lowest BCUT2D eigenvalue weighted by Crippen LogP contribution is -2.10. The molecular weight excluding hydrogens is 332 g/mol. The maximum absolute atomic E-state index is 12.5. The molecule has 4 heteroatoms. The molecule has 4 rings (SSSR count). The largest absolute Gasteiger partial charge is 0.299 e. The molecule has 1 aromatic heterocycles. The minimum atomic E-state index is 0.184. The summed E-state index contributed by atoms with van der Waals surface area (Å²) in [7, 11) is 0. The van der Waals surface area contributed by atoms with E-state index in [1.165, 1.54) is 29.7 Å². The molecule has 1 aromatic carbocycles. The van der Waals surface area contributed by atoms with Gasteiger partial charge in [0.05, 0.1) is 6.54 Å². The van der Waals surface area contributed by atoms with Crippen LogP contribution in [0.3, 0.4) is 0 Å². The molecule has 0 unspecified atom stereocenters. The number of hydrogen-bond donors (Lipinski definition) is 0. The highest BCUT2D eigenvalue weighted by molar-refractivity contribution is 6.30. The molecule has 2 aliphatic rings. The van der Waals surface area contributed by atoms with Gasteiger partial charge in [-0.2, -0.15) is 0 Å². The molecule has 1 aliphatic heterocycles. The van der Waals surface area contributed by atoms with E-state index in [1.807, 2.05) is 30.5 Å². The van der Waals surface area contributed by atoms with E-state index in [-0.39, 0.29) is 11.7 Å². The van der Waals surface area contributed by atoms with Gasteiger partial charge in [-0.3, -0.25) is 14.8 Å². The van der Waals surface area contributed by atoms with E-state index in [0.717, 1.165) is 22.8 Å². The number of fused-ring (bicyclic) bond motifs is 1. The first-order valence-corrected chi connectivity index (χ1v) is 9.27. The van der Waals surface area contributed by atoms with Gasteiger partial charge in [-0.15, -0.1) is 0 Å². The Balaban J connectivity index is 1.39. The lowest BCUT2D eigenvalue weighted by atomic mass is 9.94. The zero-order chi connectivity index (χ0) is 17.4. The van der Waals surface area contributed by atoms with E-state index < -0.39 is 0 Å². The Labute approximate surface area is 153 Å². The van der Waals surface area contributed by atoms with Crippen molar-refractivity contribution in [2.24, 2.45) is 10.9 Å². The van der Waals surface area contributed by atoms with Crippen molar-refractivity contribution in [3.63, 3.8) is 0 Å². The molecule has 2 aromatic rings. The maximum Gasteiger partial charge on any atom is 0.139 e. The summed E-state index contributed by atoms with van der Waals surface area (Å²) in [6.45, 7) is 2.82. The molecule has 3 nitrogen and oxygen atoms in total. The van der Waals surface area contributed by atoms with Crippen LogP contribution in [-0.4, -0.2) is 16.5 Å². The monoisotopic (exact) mass is 352 g/mol. The number of Topliss-reactive ketones (excluding diaryl/α,β-unsaturated/α-hetero) is 1. The average Bonchev–Trinajstić information content (AvgIpc) is 3.35. The first-order valence-electron chi connectivity index (χ1n) is 8.90. The quantitative estimate of drug-likeness (QED) is 0.752. The fourth-order valence-corrected chi connectivity index (χ4v) is 3.62. The summed E-state index contributed by atoms with van der Waals surface area (Å²) < 4.78 is 0. The van der Waals surface area contributed by atoms with E-state index in [1.54, 1.807) is 0 Å². The molecule has 0 N–H and O–H groups in total. The van der Waals surface area contributed by atoms with E-state index in [9.17, 15) is 4.79 Å². The van der Waals surface area contributed by atoms with Gasteiger partial charge < -0.3 is 0 Å². The summed E-state index contributed by atoms with van der Waals surface area (Å²) in [5.74, 6) is 1.05. The molecule has 0 radical (unpaired) electrons. The molecule has 1 saturated carbocycles. The Morgan fingerprint density at radius 2 is 2.04 bits per heavy atom. The van der Waals surface area contributed by atoms with Crippen LogP contribution in [0.2, 0.25) is 5.02 Å². The third kappa shape index (κ3) is 3.67. The van der Waals surface area contributed by atoms with Gasteiger partial charge in [-0.25, -0.2) is 0 Å². The summed E-state index contributed by atoms with van der Waals surface area (Å²) >= 11 is 5.92. The van der Waals surface area contributed by atoms with Crippen LogP contribution in [0.1, 0.15) is 54.5 Å². The minimum Gasteiger partial charge on any atom is -0.299 e. The van der Waals surface area contributed by atoms with Gasteiger partial charge in [0.25, 0.3) is 0 Å². The smallest absolute Gasteiger partial charge is 0.139 e. The summed E-state index contributed by atoms with van der Waals surface area (Å²) in [5, 5.41) is 0.720. The lowest BCUT2D eigenvalue weighted by molar-refractivity contribution is -0.118. The topological polar surface area (TPSA) is 42.3 Å². The van der Waals surface area contributed by atoms with Crippen LogP contribution in [-0.2, 0) is 17.8 Å². The van der Waals surface area contributed by atoms with Crippen molar-refractivity contribution in [3.05, 3.63) is 63.9 Å². The number of benzene rings is 1. The Bertz CT molecular complexity index is 837. The van der Waals surface area contributed by atoms with Crippen molar-refractivity contribution in [1.82, 2.24) is 4.98 Å². The molecule has 0 amide bonds. The number of hydrogen-bond acceptors (Lipinski definition) is 3. The normalized spacial score (nSPS) is 17.1. The van der Waals surface area contributed by atoms with Crippen LogP contribution >= 0.6 is 11.6 Å². The fourth-order valence-electron chi connectivity index (χ4n) is 3.49. The first kappa shape index (κ1) is 16.5. The molecule has 25 heavy (non-hydrogen) atoms. The third-order valence-corrected chi connectivity index (χ3v) is 5.31. The molecule has 0 spiro atoms. The van der Waals surface area contributed by atoms with Gasteiger partial charge in [-0.05, 0) is 48.1 Å². The Morgan fingerprint density at radius 1 is 1.28 bits per heavy atom. The molecule has 128 valence electrons. The summed E-state index contributed by atoms with van der Waals surface area (Å²) in [6.07, 6.45) is 5.33. The van der Waals surface area contributed by atoms with E-state index >= 15 is 0 Å². The fraction of sp³-hybridized carbons (Fsp3) is 0.381. The molecule has 0 saturated heterocycles. The van der Waals surface area contributed by atoms with Gasteiger partial charge >= 0.3 is 0 Å². The molecule has 1 atom stereocenters. The van der Waals surface area contributed by atoms with Gasteiger partial charge in [0.1, 0.15) is 5.78 Å². The standard InChI is InChI=1S/C21H21ClN2O/c1-13(14-4-6-17(22)7-5-14)8-19(25)10-18-9-16-11-24-21(15-2-3-15)20(16)12-23-18/h4-7,9,12-13,15H,2-3,8,10-11H2,1H3/t13-/m0/s1. The van der Waals surface area contributed by atoms with Gasteiger partial charge in [0.2, 0.25) is 0 Å². The SMILES string of the molecule is C[C@@H](CC(=O)Cc1cc2c(cn1)C(C1CC1)=NC2)c1ccc(Cl)cc1. The number of carbonyl (C=O) groups is 1. The third-order valence-electron chi connectivity index (χ3n) is 5.06. The zero-order valence-electron chi connectivity index (χ0n) is 14.3. The van der Waals surface area contributed by atoms with Crippen molar-refractivity contribution in [1.29, 1.82) is 0 Å². The summed E-state index contributed by atoms with van der Waals surface area (Å²) in [5.41, 5.74) is 5.66. The second kappa shape index (κ2) is 6.72. The Kier molecular flexibility index (Phi) is 4.43.